The van der Waals surface area contributed by atoms with Crippen LogP contribution in [0.5, 0.6) is 0 Å². The van der Waals surface area contributed by atoms with Crippen molar-refractivity contribution in [2.45, 2.75) is 51.9 Å². The number of nitrogens with zero attached hydrogens (tertiary/aromatic N) is 1. The van der Waals surface area contributed by atoms with Crippen LogP contribution >= 0.6 is 0 Å². The summed E-state index contributed by atoms with van der Waals surface area (Å²) >= 11 is 0. The molecule has 1 spiro atoms. The number of ketones is 1. The molecular formula is C12H19NO. The Kier molecular flexibility index (Phi) is 2.71. The van der Waals surface area contributed by atoms with Crippen molar-refractivity contribution in [1.82, 2.24) is 0 Å². The summed E-state index contributed by atoms with van der Waals surface area (Å²) in [4.78, 5) is 16.6. The van der Waals surface area contributed by atoms with Crippen LogP contribution in [0.4, 0.5) is 0 Å². The van der Waals surface area contributed by atoms with Crippen LogP contribution in [0, 0.1) is 5.41 Å². The van der Waals surface area contributed by atoms with Crippen LogP contribution in [0.1, 0.15) is 51.9 Å². The fourth-order valence-corrected chi connectivity index (χ4v) is 3.00. The van der Waals surface area contributed by atoms with E-state index < -0.39 is 0 Å². The van der Waals surface area contributed by atoms with Crippen LogP contribution in [-0.2, 0) is 4.79 Å². The van der Waals surface area contributed by atoms with Gasteiger partial charge in [0, 0.05) is 18.7 Å². The van der Waals surface area contributed by atoms with Crippen LogP contribution < -0.4 is 0 Å². The molecule has 0 aromatic carbocycles. The van der Waals surface area contributed by atoms with Crippen molar-refractivity contribution in [2.24, 2.45) is 10.4 Å². The summed E-state index contributed by atoms with van der Waals surface area (Å²) in [6.07, 6.45) is 7.30. The van der Waals surface area contributed by atoms with Gasteiger partial charge < -0.3 is 0 Å². The zero-order valence-electron chi connectivity index (χ0n) is 9.01. The smallest absolute Gasteiger partial charge is 0.144 e. The fraction of sp³-hybridized carbons (Fsp3) is 0.833. The predicted molar refractivity (Wildman–Crippen MR) is 57.7 cm³/mol. The average Bonchev–Trinajstić information content (AvgIpc) is 2.23. The van der Waals surface area contributed by atoms with Crippen molar-refractivity contribution in [3.63, 3.8) is 0 Å². The lowest BCUT2D eigenvalue weighted by molar-refractivity contribution is -0.128. The topological polar surface area (TPSA) is 29.4 Å². The highest BCUT2D eigenvalue weighted by molar-refractivity contribution is 6.10. The second-order valence-corrected chi connectivity index (χ2v) is 4.50. The van der Waals surface area contributed by atoms with E-state index in [1.165, 1.54) is 12.1 Å². The second kappa shape index (κ2) is 3.84. The van der Waals surface area contributed by atoms with Gasteiger partial charge in [0.05, 0.1) is 5.41 Å². The van der Waals surface area contributed by atoms with Gasteiger partial charge in [0.2, 0.25) is 0 Å². The van der Waals surface area contributed by atoms with Gasteiger partial charge in [-0.25, -0.2) is 0 Å². The monoisotopic (exact) mass is 193 g/mol. The molecule has 0 saturated heterocycles. The molecule has 1 aliphatic heterocycles. The van der Waals surface area contributed by atoms with E-state index in [0.717, 1.165) is 45.1 Å². The third-order valence-electron chi connectivity index (χ3n) is 3.74. The van der Waals surface area contributed by atoms with Crippen molar-refractivity contribution >= 4 is 11.5 Å². The summed E-state index contributed by atoms with van der Waals surface area (Å²) in [5.41, 5.74) is 1.10. The van der Waals surface area contributed by atoms with E-state index in [0.29, 0.717) is 5.78 Å². The number of rotatable bonds is 1. The highest BCUT2D eigenvalue weighted by Crippen LogP contribution is 2.41. The molecule has 0 amide bonds. The van der Waals surface area contributed by atoms with Crippen molar-refractivity contribution in [3.05, 3.63) is 0 Å². The molecule has 2 nitrogen and oxygen atoms in total. The number of carbonyl (C=O) groups is 1. The van der Waals surface area contributed by atoms with Gasteiger partial charge in [0.1, 0.15) is 5.78 Å². The molecule has 2 rings (SSSR count). The molecule has 2 heteroatoms. The van der Waals surface area contributed by atoms with E-state index in [9.17, 15) is 4.79 Å². The van der Waals surface area contributed by atoms with Gasteiger partial charge in [0.25, 0.3) is 0 Å². The Balaban J connectivity index is 2.30. The molecule has 14 heavy (non-hydrogen) atoms. The van der Waals surface area contributed by atoms with Gasteiger partial charge in [-0.15, -0.1) is 0 Å². The Morgan fingerprint density at radius 3 is 2.79 bits per heavy atom. The van der Waals surface area contributed by atoms with Gasteiger partial charge in [-0.2, -0.15) is 0 Å². The van der Waals surface area contributed by atoms with Crippen molar-refractivity contribution in [1.29, 1.82) is 0 Å². The van der Waals surface area contributed by atoms with E-state index >= 15 is 0 Å². The van der Waals surface area contributed by atoms with Gasteiger partial charge in [-0.1, -0.05) is 13.3 Å². The minimum absolute atomic E-state index is 0.106. The van der Waals surface area contributed by atoms with Crippen molar-refractivity contribution in [2.75, 3.05) is 6.54 Å². The zero-order valence-corrected chi connectivity index (χ0v) is 9.01. The molecular weight excluding hydrogens is 174 g/mol. The quantitative estimate of drug-likeness (QED) is 0.629. The number of carbonyl (C=O) groups excluding carboxylic acids is 1. The second-order valence-electron chi connectivity index (χ2n) is 4.50. The standard InChI is InChI=1S/C12H19NO/c1-2-10-12(8-5-9-13-10)7-4-3-6-11(12)14/h2-9H2,1H3/t12-/m1/s1. The Hall–Kier alpha value is -0.660. The molecule has 0 aromatic heterocycles. The SMILES string of the molecule is CCC1=NCCC[C@]12CCCCC2=O. The largest absolute Gasteiger partial charge is 0.299 e. The van der Waals surface area contributed by atoms with Gasteiger partial charge >= 0.3 is 0 Å². The van der Waals surface area contributed by atoms with E-state index in [1.54, 1.807) is 0 Å². The predicted octanol–water partition coefficient (Wildman–Crippen LogP) is 2.76. The first kappa shape index (κ1) is 9.88. The summed E-state index contributed by atoms with van der Waals surface area (Å²) in [6.45, 7) is 3.08. The lowest BCUT2D eigenvalue weighted by Gasteiger charge is -2.39. The average molecular weight is 193 g/mol. The highest BCUT2D eigenvalue weighted by Gasteiger charge is 2.43. The molecule has 1 heterocycles. The summed E-state index contributed by atoms with van der Waals surface area (Å²) in [7, 11) is 0. The highest BCUT2D eigenvalue weighted by atomic mass is 16.1. The number of aliphatic imine (C=N–C) groups is 1. The molecule has 0 bridgehead atoms. The summed E-state index contributed by atoms with van der Waals surface area (Å²) in [6, 6.07) is 0. The maximum Gasteiger partial charge on any atom is 0.144 e. The molecule has 0 aromatic rings. The van der Waals surface area contributed by atoms with E-state index in [4.69, 9.17) is 0 Å². The van der Waals surface area contributed by atoms with E-state index in [1.807, 2.05) is 0 Å². The van der Waals surface area contributed by atoms with Crippen LogP contribution in [0.15, 0.2) is 4.99 Å². The van der Waals surface area contributed by atoms with Gasteiger partial charge in [-0.3, -0.25) is 9.79 Å². The summed E-state index contributed by atoms with van der Waals surface area (Å²) < 4.78 is 0. The molecule has 1 aliphatic carbocycles. The molecule has 1 fully saturated rings. The number of Topliss-reactive ketones (excluding diaryl/α,β-unsaturated/α-hetero) is 1. The van der Waals surface area contributed by atoms with Gasteiger partial charge in [-0.05, 0) is 32.1 Å². The maximum absolute atomic E-state index is 12.1. The first-order chi connectivity index (χ1) is 6.79. The third kappa shape index (κ3) is 1.41. The Morgan fingerprint density at radius 1 is 1.29 bits per heavy atom. The molecule has 1 atom stereocenters. The molecule has 0 N–H and O–H groups in total. The first-order valence-corrected chi connectivity index (χ1v) is 5.87. The third-order valence-corrected chi connectivity index (χ3v) is 3.74. The minimum Gasteiger partial charge on any atom is -0.299 e. The van der Waals surface area contributed by atoms with Crippen LogP contribution in [0.2, 0.25) is 0 Å². The van der Waals surface area contributed by atoms with Gasteiger partial charge in [0.15, 0.2) is 0 Å². The van der Waals surface area contributed by atoms with Crippen LogP contribution in [-0.4, -0.2) is 18.0 Å². The Morgan fingerprint density at radius 2 is 2.07 bits per heavy atom. The number of hydrogen-bond acceptors (Lipinski definition) is 2. The molecule has 0 radical (unpaired) electrons. The molecule has 0 unspecified atom stereocenters. The van der Waals surface area contributed by atoms with Crippen LogP contribution in [0.25, 0.3) is 0 Å². The van der Waals surface area contributed by atoms with E-state index in [-0.39, 0.29) is 5.41 Å². The lowest BCUT2D eigenvalue weighted by Crippen LogP contribution is -2.43. The normalized spacial score (nSPS) is 33.2. The fourth-order valence-electron chi connectivity index (χ4n) is 3.00. The maximum atomic E-state index is 12.1. The van der Waals surface area contributed by atoms with Crippen LogP contribution in [0.3, 0.4) is 0 Å². The molecule has 2 aliphatic rings. The Labute approximate surface area is 85.8 Å². The van der Waals surface area contributed by atoms with Crippen molar-refractivity contribution < 1.29 is 4.79 Å². The Bertz CT molecular complexity index is 269. The van der Waals surface area contributed by atoms with E-state index in [2.05, 4.69) is 11.9 Å². The molecule has 1 saturated carbocycles. The van der Waals surface area contributed by atoms with Crippen molar-refractivity contribution in [3.8, 4) is 0 Å². The molecule has 78 valence electrons. The minimum atomic E-state index is -0.106. The first-order valence-electron chi connectivity index (χ1n) is 5.87. The lowest BCUT2D eigenvalue weighted by atomic mass is 9.65. The number of hydrogen-bond donors (Lipinski definition) is 0. The summed E-state index contributed by atoms with van der Waals surface area (Å²) in [5, 5.41) is 0. The summed E-state index contributed by atoms with van der Waals surface area (Å²) in [5.74, 6) is 0.476. The zero-order chi connectivity index (χ0) is 10.0.